The van der Waals surface area contributed by atoms with Crippen LogP contribution in [0.3, 0.4) is 0 Å². The minimum atomic E-state index is 0.711. The van der Waals surface area contributed by atoms with Crippen LogP contribution >= 0.6 is 11.6 Å². The van der Waals surface area contributed by atoms with E-state index in [2.05, 4.69) is 48.0 Å². The largest absolute Gasteiger partial charge is 0.323 e. The van der Waals surface area contributed by atoms with E-state index in [4.69, 9.17) is 16.6 Å². The van der Waals surface area contributed by atoms with Gasteiger partial charge in [-0.25, -0.2) is 4.98 Å². The van der Waals surface area contributed by atoms with E-state index in [0.717, 1.165) is 36.6 Å². The molecule has 2 heterocycles. The standard InChI is InChI=1S/C23H28ClN3/c1-16-12-21-22(13-17(16)2)27(15-19-5-7-20(24)8-6-19)23(26-21)14-18-4-3-10-25-11-9-18/h5-8,12-13,18,25H,3-4,9-11,14-15H2,1-2H3. The molecule has 3 aromatic rings. The fourth-order valence-electron chi connectivity index (χ4n) is 4.09. The predicted octanol–water partition coefficient (Wildman–Crippen LogP) is 5.29. The minimum Gasteiger partial charge on any atom is -0.323 e. The van der Waals surface area contributed by atoms with Crippen molar-refractivity contribution in [1.82, 2.24) is 14.9 Å². The number of imidazole rings is 1. The molecule has 1 aliphatic rings. The summed E-state index contributed by atoms with van der Waals surface area (Å²) in [5, 5.41) is 4.31. The summed E-state index contributed by atoms with van der Waals surface area (Å²) in [6.07, 6.45) is 4.85. The molecule has 1 fully saturated rings. The van der Waals surface area contributed by atoms with E-state index in [1.165, 1.54) is 47.3 Å². The van der Waals surface area contributed by atoms with Crippen LogP contribution in [0.25, 0.3) is 11.0 Å². The molecule has 1 N–H and O–H groups in total. The number of fused-ring (bicyclic) bond motifs is 1. The molecule has 1 aromatic heterocycles. The van der Waals surface area contributed by atoms with E-state index >= 15 is 0 Å². The summed E-state index contributed by atoms with van der Waals surface area (Å²) >= 11 is 6.08. The van der Waals surface area contributed by atoms with E-state index < -0.39 is 0 Å². The number of nitrogens with zero attached hydrogens (tertiary/aromatic N) is 2. The van der Waals surface area contributed by atoms with Crippen molar-refractivity contribution in [2.24, 2.45) is 5.92 Å². The average molecular weight is 382 g/mol. The van der Waals surface area contributed by atoms with Crippen molar-refractivity contribution < 1.29 is 0 Å². The molecule has 0 aliphatic carbocycles. The summed E-state index contributed by atoms with van der Waals surface area (Å²) in [6, 6.07) is 12.7. The van der Waals surface area contributed by atoms with E-state index in [-0.39, 0.29) is 0 Å². The Labute approximate surface area is 166 Å². The second kappa shape index (κ2) is 8.04. The molecule has 1 atom stereocenters. The Bertz CT molecular complexity index is 919. The van der Waals surface area contributed by atoms with Crippen molar-refractivity contribution in [3.8, 4) is 0 Å². The molecule has 1 unspecified atom stereocenters. The number of hydrogen-bond donors (Lipinski definition) is 1. The highest BCUT2D eigenvalue weighted by Gasteiger charge is 2.18. The summed E-state index contributed by atoms with van der Waals surface area (Å²) < 4.78 is 2.42. The third kappa shape index (κ3) is 4.20. The van der Waals surface area contributed by atoms with Gasteiger partial charge in [-0.1, -0.05) is 23.7 Å². The first-order valence-electron chi connectivity index (χ1n) is 10.0. The number of benzene rings is 2. The molecule has 0 saturated carbocycles. The number of hydrogen-bond acceptors (Lipinski definition) is 2. The van der Waals surface area contributed by atoms with Gasteiger partial charge in [0, 0.05) is 18.0 Å². The molecular weight excluding hydrogens is 354 g/mol. The molecule has 142 valence electrons. The third-order valence-electron chi connectivity index (χ3n) is 5.86. The van der Waals surface area contributed by atoms with Crippen molar-refractivity contribution >= 4 is 22.6 Å². The van der Waals surface area contributed by atoms with E-state index in [1.807, 2.05) is 12.1 Å². The van der Waals surface area contributed by atoms with Gasteiger partial charge in [-0.3, -0.25) is 0 Å². The molecule has 0 radical (unpaired) electrons. The lowest BCUT2D eigenvalue weighted by atomic mass is 9.96. The maximum absolute atomic E-state index is 6.08. The highest BCUT2D eigenvalue weighted by atomic mass is 35.5. The summed E-state index contributed by atoms with van der Waals surface area (Å²) in [4.78, 5) is 5.07. The lowest BCUT2D eigenvalue weighted by Gasteiger charge is -2.15. The van der Waals surface area contributed by atoms with Gasteiger partial charge in [-0.2, -0.15) is 0 Å². The Morgan fingerprint density at radius 1 is 1.07 bits per heavy atom. The van der Waals surface area contributed by atoms with Crippen molar-refractivity contribution in [3.63, 3.8) is 0 Å². The van der Waals surface area contributed by atoms with Crippen molar-refractivity contribution in [3.05, 3.63) is 63.9 Å². The van der Waals surface area contributed by atoms with E-state index in [9.17, 15) is 0 Å². The van der Waals surface area contributed by atoms with E-state index in [1.54, 1.807) is 0 Å². The highest BCUT2D eigenvalue weighted by Crippen LogP contribution is 2.26. The summed E-state index contributed by atoms with van der Waals surface area (Å²) in [5.74, 6) is 1.93. The Kier molecular flexibility index (Phi) is 5.51. The second-order valence-corrected chi connectivity index (χ2v) is 8.35. The lowest BCUT2D eigenvalue weighted by molar-refractivity contribution is 0.452. The molecular formula is C23H28ClN3. The van der Waals surface area contributed by atoms with E-state index in [0.29, 0.717) is 5.92 Å². The first-order valence-corrected chi connectivity index (χ1v) is 10.4. The zero-order valence-corrected chi connectivity index (χ0v) is 17.0. The molecule has 4 heteroatoms. The monoisotopic (exact) mass is 381 g/mol. The molecule has 3 nitrogen and oxygen atoms in total. The van der Waals surface area contributed by atoms with Crippen LogP contribution in [0.5, 0.6) is 0 Å². The molecule has 0 spiro atoms. The van der Waals surface area contributed by atoms with Crippen LogP contribution in [-0.2, 0) is 13.0 Å². The van der Waals surface area contributed by atoms with Gasteiger partial charge in [0.25, 0.3) is 0 Å². The van der Waals surface area contributed by atoms with Gasteiger partial charge < -0.3 is 9.88 Å². The Balaban J connectivity index is 1.72. The Morgan fingerprint density at radius 2 is 1.85 bits per heavy atom. The zero-order chi connectivity index (χ0) is 18.8. The maximum atomic E-state index is 6.08. The summed E-state index contributed by atoms with van der Waals surface area (Å²) in [5.41, 5.74) is 6.26. The van der Waals surface area contributed by atoms with Crippen LogP contribution in [0.2, 0.25) is 5.02 Å². The number of halogens is 1. The van der Waals surface area contributed by atoms with Crippen LogP contribution in [0.4, 0.5) is 0 Å². The Morgan fingerprint density at radius 3 is 2.67 bits per heavy atom. The number of aryl methyl sites for hydroxylation is 2. The number of rotatable bonds is 4. The maximum Gasteiger partial charge on any atom is 0.110 e. The van der Waals surface area contributed by atoms with Gasteiger partial charge in [0.2, 0.25) is 0 Å². The van der Waals surface area contributed by atoms with Gasteiger partial charge >= 0.3 is 0 Å². The fourth-order valence-corrected chi connectivity index (χ4v) is 4.21. The molecule has 0 bridgehead atoms. The smallest absolute Gasteiger partial charge is 0.110 e. The lowest BCUT2D eigenvalue weighted by Crippen LogP contribution is -2.15. The Hall–Kier alpha value is -1.84. The van der Waals surface area contributed by atoms with Gasteiger partial charge in [-0.15, -0.1) is 0 Å². The SMILES string of the molecule is Cc1cc2nc(CC3CCCNCC3)n(Cc3ccc(Cl)cc3)c2cc1C. The number of nitrogens with one attached hydrogen (secondary N) is 1. The molecule has 0 amide bonds. The molecule has 1 aliphatic heterocycles. The molecule has 4 rings (SSSR count). The molecule has 2 aromatic carbocycles. The number of aromatic nitrogens is 2. The van der Waals surface area contributed by atoms with Gasteiger partial charge in [0.1, 0.15) is 5.82 Å². The normalized spacial score (nSPS) is 18.0. The van der Waals surface area contributed by atoms with Crippen LogP contribution in [0.1, 0.15) is 41.8 Å². The summed E-state index contributed by atoms with van der Waals surface area (Å²) in [6.45, 7) is 7.47. The van der Waals surface area contributed by atoms with Crippen molar-refractivity contribution in [2.45, 2.75) is 46.1 Å². The van der Waals surface area contributed by atoms with Gasteiger partial charge in [0.15, 0.2) is 0 Å². The highest BCUT2D eigenvalue weighted by molar-refractivity contribution is 6.30. The third-order valence-corrected chi connectivity index (χ3v) is 6.12. The van der Waals surface area contributed by atoms with Crippen LogP contribution in [-0.4, -0.2) is 22.6 Å². The second-order valence-electron chi connectivity index (χ2n) is 7.92. The van der Waals surface area contributed by atoms with Crippen LogP contribution < -0.4 is 5.32 Å². The first kappa shape index (κ1) is 18.5. The zero-order valence-electron chi connectivity index (χ0n) is 16.3. The molecule has 1 saturated heterocycles. The predicted molar refractivity (Wildman–Crippen MR) is 114 cm³/mol. The molecule has 27 heavy (non-hydrogen) atoms. The topological polar surface area (TPSA) is 29.9 Å². The van der Waals surface area contributed by atoms with Gasteiger partial charge in [-0.05, 0) is 93.1 Å². The quantitative estimate of drug-likeness (QED) is 0.665. The van der Waals surface area contributed by atoms with Crippen LogP contribution in [0.15, 0.2) is 36.4 Å². The first-order chi connectivity index (χ1) is 13.1. The van der Waals surface area contributed by atoms with Crippen LogP contribution in [0, 0.1) is 19.8 Å². The van der Waals surface area contributed by atoms with Crippen molar-refractivity contribution in [1.29, 1.82) is 0 Å². The fraction of sp³-hybridized carbons (Fsp3) is 0.435. The summed E-state index contributed by atoms with van der Waals surface area (Å²) in [7, 11) is 0. The van der Waals surface area contributed by atoms with Crippen molar-refractivity contribution in [2.75, 3.05) is 13.1 Å². The minimum absolute atomic E-state index is 0.711. The average Bonchev–Trinajstić information content (AvgIpc) is 2.83. The van der Waals surface area contributed by atoms with Gasteiger partial charge in [0.05, 0.1) is 11.0 Å².